The van der Waals surface area contributed by atoms with Crippen LogP contribution in [-0.4, -0.2) is 38.1 Å². The number of halogens is 1. The van der Waals surface area contributed by atoms with Gasteiger partial charge in [0.15, 0.2) is 23.0 Å². The molecule has 0 radical (unpaired) electrons. The van der Waals surface area contributed by atoms with Crippen LogP contribution < -0.4 is 19.6 Å². The highest BCUT2D eigenvalue weighted by molar-refractivity contribution is 6.32. The van der Waals surface area contributed by atoms with Gasteiger partial charge in [-0.25, -0.2) is 5.43 Å². The molecule has 0 bridgehead atoms. The average Bonchev–Trinajstić information content (AvgIpc) is 2.64. The van der Waals surface area contributed by atoms with Crippen molar-refractivity contribution >= 4 is 23.7 Å². The molecule has 0 fully saturated rings. The summed E-state index contributed by atoms with van der Waals surface area (Å²) in [4.78, 5) is 12.2. The van der Waals surface area contributed by atoms with Crippen molar-refractivity contribution in [1.29, 1.82) is 0 Å². The van der Waals surface area contributed by atoms with Gasteiger partial charge in [-0.1, -0.05) is 11.6 Å². The van der Waals surface area contributed by atoms with Crippen molar-refractivity contribution in [2.45, 2.75) is 6.92 Å². The normalized spacial score (nSPS) is 10.6. The van der Waals surface area contributed by atoms with Gasteiger partial charge in [0.2, 0.25) is 0 Å². The minimum absolute atomic E-state index is 0.119. The predicted octanol–water partition coefficient (Wildman–Crippen LogP) is 3.23. The smallest absolute Gasteiger partial charge is 0.271 e. The van der Waals surface area contributed by atoms with Crippen LogP contribution in [0.3, 0.4) is 0 Å². The third-order valence-electron chi connectivity index (χ3n) is 3.38. The first kappa shape index (κ1) is 19.4. The molecule has 1 amide bonds. The van der Waals surface area contributed by atoms with Crippen LogP contribution in [-0.2, 0) is 0 Å². The number of methoxy groups -OCH3 is 2. The average molecular weight is 379 g/mol. The van der Waals surface area contributed by atoms with Gasteiger partial charge in [0, 0.05) is 5.56 Å². The molecule has 0 atom stereocenters. The summed E-state index contributed by atoms with van der Waals surface area (Å²) < 4.78 is 15.6. The Hall–Kier alpha value is -2.93. The minimum Gasteiger partial charge on any atom is -0.503 e. The highest BCUT2D eigenvalue weighted by Gasteiger charge is 2.11. The Balaban J connectivity index is 2.12. The van der Waals surface area contributed by atoms with Crippen molar-refractivity contribution in [3.05, 3.63) is 46.5 Å². The SMILES string of the molecule is CCOc1cc(C(=O)N/N=C/c2cc(Cl)c(O)c(OC)c2)ccc1OC. The first-order valence-corrected chi connectivity index (χ1v) is 8.08. The second kappa shape index (κ2) is 8.96. The second-order valence-electron chi connectivity index (χ2n) is 5.05. The van der Waals surface area contributed by atoms with Crippen molar-refractivity contribution in [2.75, 3.05) is 20.8 Å². The van der Waals surface area contributed by atoms with Crippen LogP contribution in [0.4, 0.5) is 0 Å². The first-order chi connectivity index (χ1) is 12.5. The van der Waals surface area contributed by atoms with E-state index in [1.54, 1.807) is 18.2 Å². The Bertz CT molecular complexity index is 823. The molecule has 0 unspecified atom stereocenters. The molecule has 7 nitrogen and oxygen atoms in total. The lowest BCUT2D eigenvalue weighted by atomic mass is 10.2. The van der Waals surface area contributed by atoms with E-state index < -0.39 is 5.91 Å². The number of carbonyl (C=O) groups is 1. The Morgan fingerprint density at radius 1 is 1.19 bits per heavy atom. The quantitative estimate of drug-likeness (QED) is 0.570. The highest BCUT2D eigenvalue weighted by atomic mass is 35.5. The number of hydrazone groups is 1. The zero-order valence-corrected chi connectivity index (χ0v) is 15.3. The van der Waals surface area contributed by atoms with Crippen molar-refractivity contribution in [2.24, 2.45) is 5.10 Å². The second-order valence-corrected chi connectivity index (χ2v) is 5.46. The summed E-state index contributed by atoms with van der Waals surface area (Å²) >= 11 is 5.91. The number of hydrogen-bond acceptors (Lipinski definition) is 6. The molecule has 8 heteroatoms. The molecule has 138 valence electrons. The summed E-state index contributed by atoms with van der Waals surface area (Å²) in [5.74, 6) is 0.653. The van der Waals surface area contributed by atoms with E-state index >= 15 is 0 Å². The standard InChI is InChI=1S/C18H19ClN2O5/c1-4-26-15-9-12(5-6-14(15)24-2)18(23)21-20-10-11-7-13(19)17(22)16(8-11)25-3/h5-10,22H,4H2,1-3H3,(H,21,23)/b20-10+. The molecule has 2 N–H and O–H groups in total. The number of rotatable bonds is 7. The Morgan fingerprint density at radius 3 is 2.58 bits per heavy atom. The summed E-state index contributed by atoms with van der Waals surface area (Å²) in [6.07, 6.45) is 1.39. The van der Waals surface area contributed by atoms with Crippen molar-refractivity contribution in [1.82, 2.24) is 5.43 Å². The van der Waals surface area contributed by atoms with E-state index in [0.29, 0.717) is 29.2 Å². The monoisotopic (exact) mass is 378 g/mol. The maximum atomic E-state index is 12.2. The molecule has 0 spiro atoms. The fraction of sp³-hybridized carbons (Fsp3) is 0.222. The number of phenols is 1. The minimum atomic E-state index is -0.415. The van der Waals surface area contributed by atoms with Gasteiger partial charge in [0.25, 0.3) is 5.91 Å². The van der Waals surface area contributed by atoms with Crippen LogP contribution in [0.25, 0.3) is 0 Å². The van der Waals surface area contributed by atoms with E-state index in [1.165, 1.54) is 32.6 Å². The van der Waals surface area contributed by atoms with Crippen LogP contribution >= 0.6 is 11.6 Å². The molecule has 0 saturated heterocycles. The maximum Gasteiger partial charge on any atom is 0.271 e. The van der Waals surface area contributed by atoms with Gasteiger partial charge in [0.1, 0.15) is 0 Å². The topological polar surface area (TPSA) is 89.4 Å². The number of ether oxygens (including phenoxy) is 3. The number of carbonyl (C=O) groups excluding carboxylic acids is 1. The first-order valence-electron chi connectivity index (χ1n) is 7.70. The molecule has 0 aliphatic heterocycles. The number of nitrogens with one attached hydrogen (secondary N) is 1. The molecule has 0 aliphatic carbocycles. The molecule has 0 aromatic heterocycles. The van der Waals surface area contributed by atoms with Crippen LogP contribution in [0, 0.1) is 0 Å². The lowest BCUT2D eigenvalue weighted by Gasteiger charge is -2.10. The fourth-order valence-electron chi connectivity index (χ4n) is 2.14. The zero-order chi connectivity index (χ0) is 19.1. The lowest BCUT2D eigenvalue weighted by Crippen LogP contribution is -2.17. The van der Waals surface area contributed by atoms with Crippen molar-refractivity contribution in [3.8, 4) is 23.0 Å². The largest absolute Gasteiger partial charge is 0.503 e. The zero-order valence-electron chi connectivity index (χ0n) is 14.6. The molecular formula is C18H19ClN2O5. The van der Waals surface area contributed by atoms with Gasteiger partial charge in [-0.05, 0) is 42.8 Å². The van der Waals surface area contributed by atoms with Crippen molar-refractivity contribution < 1.29 is 24.1 Å². The van der Waals surface area contributed by atoms with Crippen LogP contribution in [0.5, 0.6) is 23.0 Å². The van der Waals surface area contributed by atoms with E-state index in [0.717, 1.165) is 0 Å². The summed E-state index contributed by atoms with van der Waals surface area (Å²) in [5.41, 5.74) is 3.33. The number of nitrogens with zero attached hydrogens (tertiary/aromatic N) is 1. The van der Waals surface area contributed by atoms with Gasteiger partial charge in [-0.3, -0.25) is 4.79 Å². The third kappa shape index (κ3) is 4.58. The number of aromatic hydroxyl groups is 1. The lowest BCUT2D eigenvalue weighted by molar-refractivity contribution is 0.0954. The number of amides is 1. The van der Waals surface area contributed by atoms with Gasteiger partial charge in [0.05, 0.1) is 32.1 Å². The molecule has 26 heavy (non-hydrogen) atoms. The summed E-state index contributed by atoms with van der Waals surface area (Å²) in [6.45, 7) is 2.29. The summed E-state index contributed by atoms with van der Waals surface area (Å²) in [5, 5.41) is 13.7. The summed E-state index contributed by atoms with van der Waals surface area (Å²) in [7, 11) is 2.94. The van der Waals surface area contributed by atoms with Gasteiger partial charge >= 0.3 is 0 Å². The van der Waals surface area contributed by atoms with E-state index in [9.17, 15) is 9.90 Å². The number of phenolic OH excluding ortho intramolecular Hbond substituents is 1. The molecular weight excluding hydrogens is 360 g/mol. The molecule has 0 heterocycles. The van der Waals surface area contributed by atoms with E-state index in [2.05, 4.69) is 10.5 Å². The number of benzene rings is 2. The van der Waals surface area contributed by atoms with E-state index in [4.69, 9.17) is 25.8 Å². The maximum absolute atomic E-state index is 12.2. The van der Waals surface area contributed by atoms with Gasteiger partial charge in [-0.2, -0.15) is 5.10 Å². The summed E-state index contributed by atoms with van der Waals surface area (Å²) in [6, 6.07) is 7.86. The Kier molecular flexibility index (Phi) is 6.68. The molecule has 2 aromatic carbocycles. The Morgan fingerprint density at radius 2 is 1.92 bits per heavy atom. The predicted molar refractivity (Wildman–Crippen MR) is 98.9 cm³/mol. The Labute approximate surface area is 156 Å². The molecule has 0 saturated carbocycles. The van der Waals surface area contributed by atoms with Gasteiger partial charge < -0.3 is 19.3 Å². The molecule has 0 aliphatic rings. The van der Waals surface area contributed by atoms with E-state index in [1.807, 2.05) is 6.92 Å². The van der Waals surface area contributed by atoms with E-state index in [-0.39, 0.29) is 16.5 Å². The third-order valence-corrected chi connectivity index (χ3v) is 3.66. The molecule has 2 rings (SSSR count). The highest BCUT2D eigenvalue weighted by Crippen LogP contribution is 2.34. The number of hydrogen-bond donors (Lipinski definition) is 2. The van der Waals surface area contributed by atoms with Crippen LogP contribution in [0.15, 0.2) is 35.4 Å². The fourth-order valence-corrected chi connectivity index (χ4v) is 2.36. The van der Waals surface area contributed by atoms with Crippen molar-refractivity contribution in [3.63, 3.8) is 0 Å². The van der Waals surface area contributed by atoms with Gasteiger partial charge in [-0.15, -0.1) is 0 Å². The molecule has 2 aromatic rings. The van der Waals surface area contributed by atoms with Crippen LogP contribution in [0.1, 0.15) is 22.8 Å². The van der Waals surface area contributed by atoms with Crippen LogP contribution in [0.2, 0.25) is 5.02 Å².